The molecule has 0 saturated heterocycles. The van der Waals surface area contributed by atoms with Gasteiger partial charge in [-0.25, -0.2) is 16.8 Å². The molecule has 0 unspecified atom stereocenters. The summed E-state index contributed by atoms with van der Waals surface area (Å²) in [5.41, 5.74) is 0.483. The molecule has 12 nitrogen and oxygen atoms in total. The Bertz CT molecular complexity index is 1570. The van der Waals surface area contributed by atoms with E-state index < -0.39 is 38.1 Å². The van der Waals surface area contributed by atoms with Crippen molar-refractivity contribution < 1.29 is 36.0 Å². The average molecular weight is 613 g/mol. The number of likely N-dealkylation sites (N-methyl/N-ethyl adjacent to an activating group) is 1. The molecule has 1 amide bonds. The number of sulfonamides is 2. The second-order valence-electron chi connectivity index (χ2n) is 9.81. The average Bonchev–Trinajstić information content (AvgIpc) is 3.56. The molecule has 1 aliphatic heterocycles. The standard InChI is InChI=1S/C25H32N4O8S3/c1-15-12-29(16(2)14-30)25(31)20-11-19(27-39(32,33)23-7-6-10-38-23)8-9-21(20)36-22(15)13-28(5)40(34,35)24-17(3)26-37-18(24)4/h6-11,15-16,22,27,30H,12-14H2,1-5H3/t15-,16-,22-/m0/s1. The van der Waals surface area contributed by atoms with E-state index in [1.807, 2.05) is 6.92 Å². The van der Waals surface area contributed by atoms with Crippen LogP contribution in [0.15, 0.2) is 49.3 Å². The van der Waals surface area contributed by atoms with Crippen LogP contribution in [0.2, 0.25) is 0 Å². The summed E-state index contributed by atoms with van der Waals surface area (Å²) < 4.78 is 67.4. The summed E-state index contributed by atoms with van der Waals surface area (Å²) in [4.78, 5) is 15.1. The summed E-state index contributed by atoms with van der Waals surface area (Å²) in [6, 6.07) is 6.88. The minimum Gasteiger partial charge on any atom is -0.488 e. The molecule has 0 aliphatic carbocycles. The van der Waals surface area contributed by atoms with Crippen molar-refractivity contribution in [3.05, 3.63) is 52.7 Å². The molecule has 40 heavy (non-hydrogen) atoms. The molecule has 0 spiro atoms. The van der Waals surface area contributed by atoms with Gasteiger partial charge >= 0.3 is 0 Å². The van der Waals surface area contributed by atoms with Gasteiger partial charge in [0.15, 0.2) is 5.76 Å². The molecule has 2 aromatic heterocycles. The molecular formula is C25H32N4O8S3. The number of benzene rings is 1. The number of hydrogen-bond acceptors (Lipinski definition) is 10. The maximum atomic E-state index is 13.6. The lowest BCUT2D eigenvalue weighted by Crippen LogP contribution is -2.50. The number of aryl methyl sites for hydroxylation is 2. The Morgan fingerprint density at radius 2 is 1.98 bits per heavy atom. The van der Waals surface area contributed by atoms with Crippen LogP contribution < -0.4 is 9.46 Å². The summed E-state index contributed by atoms with van der Waals surface area (Å²) >= 11 is 1.06. The van der Waals surface area contributed by atoms with Crippen molar-refractivity contribution >= 4 is 43.0 Å². The fourth-order valence-corrected chi connectivity index (χ4v) is 7.98. The zero-order valence-corrected chi connectivity index (χ0v) is 25.1. The number of nitrogens with one attached hydrogen (secondary N) is 1. The molecule has 3 aromatic rings. The molecule has 0 radical (unpaired) electrons. The highest BCUT2D eigenvalue weighted by Crippen LogP contribution is 2.32. The van der Waals surface area contributed by atoms with Gasteiger partial charge < -0.3 is 19.3 Å². The highest BCUT2D eigenvalue weighted by molar-refractivity contribution is 7.94. The topological polar surface area (TPSA) is 159 Å². The Morgan fingerprint density at radius 3 is 2.58 bits per heavy atom. The quantitative estimate of drug-likeness (QED) is 0.370. The number of fused-ring (bicyclic) bond motifs is 1. The molecule has 3 heterocycles. The van der Waals surface area contributed by atoms with Crippen LogP contribution in [0.4, 0.5) is 5.69 Å². The number of aromatic nitrogens is 1. The van der Waals surface area contributed by atoms with Crippen molar-refractivity contribution in [2.75, 3.05) is 31.5 Å². The van der Waals surface area contributed by atoms with E-state index in [1.54, 1.807) is 25.3 Å². The van der Waals surface area contributed by atoms with E-state index in [0.717, 1.165) is 15.6 Å². The second kappa shape index (κ2) is 11.5. The number of aliphatic hydroxyl groups is 1. The lowest BCUT2D eigenvalue weighted by atomic mass is 9.99. The monoisotopic (exact) mass is 612 g/mol. The molecule has 0 bridgehead atoms. The Labute approximate surface area is 237 Å². The van der Waals surface area contributed by atoms with Gasteiger partial charge in [0.25, 0.3) is 15.9 Å². The molecule has 4 rings (SSSR count). The molecule has 15 heteroatoms. The maximum Gasteiger partial charge on any atom is 0.271 e. The molecule has 0 saturated carbocycles. The summed E-state index contributed by atoms with van der Waals surface area (Å²) in [7, 11) is -6.41. The maximum absolute atomic E-state index is 13.6. The van der Waals surface area contributed by atoms with Crippen LogP contribution in [0, 0.1) is 19.8 Å². The number of carbonyl (C=O) groups is 1. The van der Waals surface area contributed by atoms with Gasteiger partial charge in [-0.2, -0.15) is 4.31 Å². The van der Waals surface area contributed by atoms with E-state index in [1.165, 1.54) is 43.1 Å². The zero-order chi connectivity index (χ0) is 29.4. The van der Waals surface area contributed by atoms with E-state index in [2.05, 4.69) is 9.88 Å². The van der Waals surface area contributed by atoms with Crippen LogP contribution >= 0.6 is 11.3 Å². The van der Waals surface area contributed by atoms with E-state index in [4.69, 9.17) is 9.26 Å². The molecule has 0 fully saturated rings. The van der Waals surface area contributed by atoms with E-state index in [9.17, 15) is 26.7 Å². The third kappa shape index (κ3) is 5.88. The normalized spacial score (nSPS) is 19.1. The highest BCUT2D eigenvalue weighted by atomic mass is 32.2. The van der Waals surface area contributed by atoms with Crippen molar-refractivity contribution in [3.8, 4) is 5.75 Å². The van der Waals surface area contributed by atoms with Gasteiger partial charge in [0.05, 0.1) is 24.8 Å². The van der Waals surface area contributed by atoms with E-state index in [-0.39, 0.29) is 63.2 Å². The second-order valence-corrected chi connectivity index (χ2v) is 14.6. The minimum absolute atomic E-state index is 0.0118. The molecular weight excluding hydrogens is 580 g/mol. The van der Waals surface area contributed by atoms with Crippen molar-refractivity contribution in [2.45, 2.75) is 48.9 Å². The van der Waals surface area contributed by atoms with Gasteiger partial charge in [-0.05, 0) is 50.4 Å². The molecule has 3 atom stereocenters. The van der Waals surface area contributed by atoms with Crippen LogP contribution in [-0.2, 0) is 20.0 Å². The van der Waals surface area contributed by atoms with Crippen molar-refractivity contribution in [2.24, 2.45) is 5.92 Å². The number of nitrogens with zero attached hydrogens (tertiary/aromatic N) is 3. The van der Waals surface area contributed by atoms with Gasteiger partial charge in [-0.1, -0.05) is 18.1 Å². The van der Waals surface area contributed by atoms with E-state index in [0.29, 0.717) is 0 Å². The molecule has 1 aliphatic rings. The fourth-order valence-electron chi connectivity index (χ4n) is 4.48. The first-order valence-corrected chi connectivity index (χ1v) is 16.2. The summed E-state index contributed by atoms with van der Waals surface area (Å²) in [5, 5.41) is 15.3. The Kier molecular flexibility index (Phi) is 8.61. The first-order chi connectivity index (χ1) is 18.8. The van der Waals surface area contributed by atoms with Crippen LogP contribution in [0.1, 0.15) is 35.7 Å². The smallest absolute Gasteiger partial charge is 0.271 e. The first-order valence-electron chi connectivity index (χ1n) is 12.4. The van der Waals surface area contributed by atoms with Gasteiger partial charge in [-0.15, -0.1) is 11.3 Å². The van der Waals surface area contributed by atoms with Crippen LogP contribution in [0.3, 0.4) is 0 Å². The summed E-state index contributed by atoms with van der Waals surface area (Å²) in [5.74, 6) is -0.451. The summed E-state index contributed by atoms with van der Waals surface area (Å²) in [6.07, 6.45) is -0.700. The van der Waals surface area contributed by atoms with Crippen LogP contribution in [0.5, 0.6) is 5.75 Å². The number of amides is 1. The fraction of sp³-hybridized carbons (Fsp3) is 0.440. The van der Waals surface area contributed by atoms with Gasteiger partial charge in [-0.3, -0.25) is 9.52 Å². The number of ether oxygens (including phenoxy) is 1. The molecule has 2 N–H and O–H groups in total. The lowest BCUT2D eigenvalue weighted by Gasteiger charge is -2.38. The van der Waals surface area contributed by atoms with Crippen molar-refractivity contribution in [1.29, 1.82) is 0 Å². The first kappa shape index (κ1) is 30.0. The number of carbonyl (C=O) groups excluding carboxylic acids is 1. The number of rotatable bonds is 9. The van der Waals surface area contributed by atoms with Gasteiger partial charge in [0, 0.05) is 25.2 Å². The number of aliphatic hydroxyl groups excluding tert-OH is 1. The Morgan fingerprint density at radius 1 is 1.25 bits per heavy atom. The minimum atomic E-state index is -3.97. The van der Waals surface area contributed by atoms with Gasteiger partial charge in [0.2, 0.25) is 10.0 Å². The molecule has 1 aromatic carbocycles. The molecule has 218 valence electrons. The predicted octanol–water partition coefficient (Wildman–Crippen LogP) is 2.69. The number of thiophene rings is 1. The summed E-state index contributed by atoms with van der Waals surface area (Å²) in [6.45, 7) is 6.40. The number of anilines is 1. The number of hydrogen-bond donors (Lipinski definition) is 2. The largest absolute Gasteiger partial charge is 0.488 e. The lowest BCUT2D eigenvalue weighted by molar-refractivity contribution is 0.0387. The highest BCUT2D eigenvalue weighted by Gasteiger charge is 2.37. The zero-order valence-electron chi connectivity index (χ0n) is 22.7. The van der Waals surface area contributed by atoms with E-state index >= 15 is 0 Å². The van der Waals surface area contributed by atoms with Gasteiger partial charge in [0.1, 0.15) is 26.7 Å². The van der Waals surface area contributed by atoms with Crippen molar-refractivity contribution in [3.63, 3.8) is 0 Å². The third-order valence-corrected chi connectivity index (χ3v) is 11.6. The Balaban J connectivity index is 1.70. The SMILES string of the molecule is Cc1noc(C)c1S(=O)(=O)N(C)C[C@@H]1Oc2ccc(NS(=O)(=O)c3cccs3)cc2C(=O)N([C@@H](C)CO)C[C@@H]1C. The van der Waals surface area contributed by atoms with Crippen LogP contribution in [-0.4, -0.2) is 81.1 Å². The van der Waals surface area contributed by atoms with Crippen molar-refractivity contribution in [1.82, 2.24) is 14.4 Å². The predicted molar refractivity (Wildman–Crippen MR) is 149 cm³/mol. The third-order valence-electron chi connectivity index (χ3n) is 6.75. The van der Waals surface area contributed by atoms with Crippen LogP contribution in [0.25, 0.3) is 0 Å². The Hall–Kier alpha value is -2.98.